The molecule has 0 spiro atoms. The summed E-state index contributed by atoms with van der Waals surface area (Å²) >= 11 is 8.03. The van der Waals surface area contributed by atoms with Gasteiger partial charge in [-0.3, -0.25) is 9.78 Å². The van der Waals surface area contributed by atoms with E-state index in [0.29, 0.717) is 27.5 Å². The summed E-state index contributed by atoms with van der Waals surface area (Å²) in [6.07, 6.45) is 2.79. The second kappa shape index (κ2) is 9.16. The summed E-state index contributed by atoms with van der Waals surface area (Å²) < 4.78 is 5.46. The SMILES string of the molecule is O=C(Nc1ccc(Cl)c(-c2cnc3ccccc3n2)c1)c1ccc(N2CCCNS2)cc1. The smallest absolute Gasteiger partial charge is 0.255 e. The summed E-state index contributed by atoms with van der Waals surface area (Å²) in [6.45, 7) is 1.99. The van der Waals surface area contributed by atoms with Crippen molar-refractivity contribution in [2.24, 2.45) is 0 Å². The second-order valence-corrected chi connectivity index (χ2v) is 8.70. The fourth-order valence-electron chi connectivity index (χ4n) is 3.51. The quantitative estimate of drug-likeness (QED) is 0.387. The Balaban J connectivity index is 1.35. The summed E-state index contributed by atoms with van der Waals surface area (Å²) in [5.41, 5.74) is 5.28. The van der Waals surface area contributed by atoms with E-state index in [1.165, 1.54) is 0 Å². The first-order valence-corrected chi connectivity index (χ1v) is 11.4. The Kier molecular flexibility index (Phi) is 5.94. The van der Waals surface area contributed by atoms with Gasteiger partial charge in [0, 0.05) is 47.7 Å². The first-order valence-electron chi connectivity index (χ1n) is 10.3. The van der Waals surface area contributed by atoms with Crippen molar-refractivity contribution < 1.29 is 4.79 Å². The molecule has 4 aromatic rings. The predicted molar refractivity (Wildman–Crippen MR) is 132 cm³/mol. The van der Waals surface area contributed by atoms with Crippen molar-refractivity contribution in [2.75, 3.05) is 22.7 Å². The first kappa shape index (κ1) is 20.8. The lowest BCUT2D eigenvalue weighted by atomic mass is 10.1. The Bertz CT molecular complexity index is 1280. The van der Waals surface area contributed by atoms with E-state index < -0.39 is 0 Å². The van der Waals surface area contributed by atoms with E-state index in [1.807, 2.05) is 54.6 Å². The summed E-state index contributed by atoms with van der Waals surface area (Å²) in [7, 11) is 0. The zero-order valence-electron chi connectivity index (χ0n) is 17.1. The van der Waals surface area contributed by atoms with Gasteiger partial charge in [0.15, 0.2) is 0 Å². The van der Waals surface area contributed by atoms with E-state index in [1.54, 1.807) is 30.5 Å². The highest BCUT2D eigenvalue weighted by molar-refractivity contribution is 7.98. The van der Waals surface area contributed by atoms with Gasteiger partial charge in [-0.1, -0.05) is 23.7 Å². The zero-order chi connectivity index (χ0) is 21.9. The third-order valence-electron chi connectivity index (χ3n) is 5.18. The average Bonchev–Trinajstić information content (AvgIpc) is 2.85. The van der Waals surface area contributed by atoms with Crippen molar-refractivity contribution >= 4 is 52.1 Å². The molecule has 5 rings (SSSR count). The highest BCUT2D eigenvalue weighted by atomic mass is 35.5. The van der Waals surface area contributed by atoms with Gasteiger partial charge in [0.05, 0.1) is 27.9 Å². The van der Waals surface area contributed by atoms with Crippen LogP contribution < -0.4 is 14.3 Å². The molecule has 160 valence electrons. The number of para-hydroxylation sites is 2. The van der Waals surface area contributed by atoms with Gasteiger partial charge in [-0.05, 0) is 61.0 Å². The number of aromatic nitrogens is 2. The summed E-state index contributed by atoms with van der Waals surface area (Å²) in [5.74, 6) is -0.182. The van der Waals surface area contributed by atoms with Crippen LogP contribution in [-0.2, 0) is 0 Å². The molecular weight excluding hydrogens is 442 g/mol. The molecule has 2 N–H and O–H groups in total. The molecule has 0 bridgehead atoms. The maximum Gasteiger partial charge on any atom is 0.255 e. The molecule has 6 nitrogen and oxygen atoms in total. The van der Waals surface area contributed by atoms with Crippen molar-refractivity contribution in [3.05, 3.63) is 83.5 Å². The van der Waals surface area contributed by atoms with Crippen LogP contribution in [0.4, 0.5) is 11.4 Å². The van der Waals surface area contributed by atoms with Crippen molar-refractivity contribution in [3.63, 3.8) is 0 Å². The third-order valence-corrected chi connectivity index (χ3v) is 6.46. The first-order chi connectivity index (χ1) is 15.7. The van der Waals surface area contributed by atoms with Crippen LogP contribution in [0.1, 0.15) is 16.8 Å². The van der Waals surface area contributed by atoms with Gasteiger partial charge in [-0.2, -0.15) is 0 Å². The van der Waals surface area contributed by atoms with Crippen LogP contribution in [0.5, 0.6) is 0 Å². The Labute approximate surface area is 195 Å². The van der Waals surface area contributed by atoms with E-state index in [9.17, 15) is 4.79 Å². The lowest BCUT2D eigenvalue weighted by Crippen LogP contribution is -2.29. The predicted octanol–water partition coefficient (Wildman–Crippen LogP) is 5.57. The number of nitrogens with one attached hydrogen (secondary N) is 2. The number of rotatable bonds is 4. The number of anilines is 2. The van der Waals surface area contributed by atoms with Crippen LogP contribution in [0, 0.1) is 0 Å². The lowest BCUT2D eigenvalue weighted by Gasteiger charge is -2.27. The molecule has 1 amide bonds. The molecule has 3 aromatic carbocycles. The molecular formula is C24H20ClN5OS. The van der Waals surface area contributed by atoms with E-state index in [4.69, 9.17) is 11.6 Å². The minimum Gasteiger partial charge on any atom is -0.322 e. The van der Waals surface area contributed by atoms with Crippen LogP contribution >= 0.6 is 23.7 Å². The Morgan fingerprint density at radius 1 is 1.06 bits per heavy atom. The summed E-state index contributed by atoms with van der Waals surface area (Å²) in [4.78, 5) is 21.9. The van der Waals surface area contributed by atoms with Crippen LogP contribution in [0.2, 0.25) is 5.02 Å². The number of nitrogens with zero attached hydrogens (tertiary/aromatic N) is 3. The van der Waals surface area contributed by atoms with Gasteiger partial charge in [0.1, 0.15) is 0 Å². The second-order valence-electron chi connectivity index (χ2n) is 7.38. The van der Waals surface area contributed by atoms with Crippen molar-refractivity contribution in [1.82, 2.24) is 14.7 Å². The molecule has 0 aliphatic carbocycles. The molecule has 0 radical (unpaired) electrons. The number of fused-ring (bicyclic) bond motifs is 1. The van der Waals surface area contributed by atoms with Crippen molar-refractivity contribution in [1.29, 1.82) is 0 Å². The molecule has 2 heterocycles. The molecule has 0 atom stereocenters. The van der Waals surface area contributed by atoms with Crippen LogP contribution in [0.3, 0.4) is 0 Å². The van der Waals surface area contributed by atoms with Crippen LogP contribution in [0.25, 0.3) is 22.3 Å². The van der Waals surface area contributed by atoms with Gasteiger partial charge in [0.25, 0.3) is 5.91 Å². The van der Waals surface area contributed by atoms with E-state index in [2.05, 4.69) is 24.3 Å². The standard InChI is InChI=1S/C24H20ClN5OS/c25-20-11-8-17(14-19(20)23-15-26-21-4-1-2-5-22(21)29-23)28-24(31)16-6-9-18(10-7-16)30-13-3-12-27-32-30/h1-2,4-11,14-15,27H,3,12-13H2,(H,28,31). The number of hydrogen-bond acceptors (Lipinski definition) is 6. The van der Waals surface area contributed by atoms with Crippen molar-refractivity contribution in [2.45, 2.75) is 6.42 Å². The minimum atomic E-state index is -0.182. The minimum absolute atomic E-state index is 0.182. The summed E-state index contributed by atoms with van der Waals surface area (Å²) in [6, 6.07) is 20.6. The largest absolute Gasteiger partial charge is 0.322 e. The van der Waals surface area contributed by atoms with Gasteiger partial charge in [-0.15, -0.1) is 0 Å². The van der Waals surface area contributed by atoms with Gasteiger partial charge >= 0.3 is 0 Å². The normalized spacial score (nSPS) is 13.8. The topological polar surface area (TPSA) is 70.2 Å². The maximum atomic E-state index is 12.8. The molecule has 8 heteroatoms. The number of carbonyl (C=O) groups is 1. The number of halogens is 1. The molecule has 1 aliphatic rings. The fraction of sp³-hybridized carbons (Fsp3) is 0.125. The van der Waals surface area contributed by atoms with Gasteiger partial charge in [0.2, 0.25) is 0 Å². The van der Waals surface area contributed by atoms with Crippen LogP contribution in [0.15, 0.2) is 72.9 Å². The monoisotopic (exact) mass is 461 g/mol. The Hall–Kier alpha value is -3.13. The molecule has 1 fully saturated rings. The molecule has 1 aliphatic heterocycles. The van der Waals surface area contributed by atoms with E-state index in [-0.39, 0.29) is 5.91 Å². The Morgan fingerprint density at radius 3 is 2.66 bits per heavy atom. The number of carbonyl (C=O) groups excluding carboxylic acids is 1. The molecule has 32 heavy (non-hydrogen) atoms. The van der Waals surface area contributed by atoms with Gasteiger partial charge < -0.3 is 9.62 Å². The van der Waals surface area contributed by atoms with Gasteiger partial charge in [-0.25, -0.2) is 9.71 Å². The number of hydrogen-bond donors (Lipinski definition) is 2. The van der Waals surface area contributed by atoms with E-state index in [0.717, 1.165) is 36.2 Å². The summed E-state index contributed by atoms with van der Waals surface area (Å²) in [5, 5.41) is 3.50. The highest BCUT2D eigenvalue weighted by Crippen LogP contribution is 2.30. The Morgan fingerprint density at radius 2 is 1.88 bits per heavy atom. The number of amides is 1. The van der Waals surface area contributed by atoms with Crippen molar-refractivity contribution in [3.8, 4) is 11.3 Å². The molecule has 0 saturated carbocycles. The molecule has 0 unspecified atom stereocenters. The van der Waals surface area contributed by atoms with E-state index >= 15 is 0 Å². The van der Waals surface area contributed by atoms with Crippen LogP contribution in [-0.4, -0.2) is 29.0 Å². The lowest BCUT2D eigenvalue weighted by molar-refractivity contribution is 0.102. The third kappa shape index (κ3) is 4.41. The zero-order valence-corrected chi connectivity index (χ0v) is 18.7. The fourth-order valence-corrected chi connectivity index (χ4v) is 4.57. The highest BCUT2D eigenvalue weighted by Gasteiger charge is 2.14. The number of benzene rings is 3. The maximum absolute atomic E-state index is 12.8. The average molecular weight is 462 g/mol. The molecule has 1 aromatic heterocycles. The molecule has 1 saturated heterocycles.